The number of benzene rings is 1. The number of likely N-dealkylation sites (tertiary alicyclic amines) is 1. The van der Waals surface area contributed by atoms with Crippen molar-refractivity contribution < 1.29 is 19.1 Å². The van der Waals surface area contributed by atoms with Gasteiger partial charge in [-0.25, -0.2) is 4.98 Å². The molecule has 0 spiro atoms. The molecule has 1 N–H and O–H groups in total. The van der Waals surface area contributed by atoms with E-state index in [4.69, 9.17) is 9.72 Å². The number of carbonyl (C=O) groups excluding carboxylic acids is 3. The van der Waals surface area contributed by atoms with E-state index in [0.29, 0.717) is 24.4 Å². The van der Waals surface area contributed by atoms with Crippen LogP contribution in [-0.4, -0.2) is 69.9 Å². The van der Waals surface area contributed by atoms with Crippen LogP contribution in [0.15, 0.2) is 36.5 Å². The van der Waals surface area contributed by atoms with Gasteiger partial charge in [0.25, 0.3) is 5.91 Å². The van der Waals surface area contributed by atoms with Crippen molar-refractivity contribution >= 4 is 28.8 Å². The fraction of sp³-hybridized carbons (Fsp3) is 0.429. The molecule has 0 saturated carbocycles. The number of nitrogens with zero attached hydrogens (tertiary/aromatic N) is 4. The standard InChI is InChI=1S/C28H31N5O4/c1-31-9-8-21-20(14-32-10-7-17(13-32)16-37-2)12-23(29-26(21)31)18-3-4-22-19(11-18)15-33(28(22)36)24-5-6-25(34)30-27(24)35/h3-4,8-9,11-12,17,24H,5-7,10,13-16H2,1-2H3,(H,30,34,35). The van der Waals surface area contributed by atoms with Crippen LogP contribution in [0, 0.1) is 5.92 Å². The number of aromatic nitrogens is 2. The van der Waals surface area contributed by atoms with Crippen molar-refractivity contribution in [1.29, 1.82) is 0 Å². The van der Waals surface area contributed by atoms with Gasteiger partial charge in [0.1, 0.15) is 11.7 Å². The highest BCUT2D eigenvalue weighted by atomic mass is 16.5. The smallest absolute Gasteiger partial charge is 0.255 e. The Morgan fingerprint density at radius 1 is 1.14 bits per heavy atom. The third-order valence-electron chi connectivity index (χ3n) is 7.91. The molecule has 5 heterocycles. The van der Waals surface area contributed by atoms with Crippen LogP contribution in [-0.2, 0) is 34.5 Å². The van der Waals surface area contributed by atoms with Gasteiger partial charge in [0.15, 0.2) is 0 Å². The molecule has 3 aromatic rings. The maximum atomic E-state index is 13.1. The zero-order valence-corrected chi connectivity index (χ0v) is 21.2. The lowest BCUT2D eigenvalue weighted by molar-refractivity contribution is -0.136. The number of methoxy groups -OCH3 is 1. The molecular formula is C28H31N5O4. The van der Waals surface area contributed by atoms with Gasteiger partial charge in [0.2, 0.25) is 11.8 Å². The molecule has 6 rings (SSSR count). The molecule has 2 fully saturated rings. The minimum atomic E-state index is -0.618. The lowest BCUT2D eigenvalue weighted by Gasteiger charge is -2.29. The van der Waals surface area contributed by atoms with E-state index in [1.54, 1.807) is 12.0 Å². The number of ether oxygens (including phenoxy) is 1. The molecule has 2 atom stereocenters. The summed E-state index contributed by atoms with van der Waals surface area (Å²) < 4.78 is 7.41. The number of amides is 3. The topological polar surface area (TPSA) is 96.8 Å². The van der Waals surface area contributed by atoms with Gasteiger partial charge in [-0.2, -0.15) is 0 Å². The zero-order valence-electron chi connectivity index (χ0n) is 21.2. The maximum Gasteiger partial charge on any atom is 0.255 e. The van der Waals surface area contributed by atoms with Crippen molar-refractivity contribution in [3.05, 3.63) is 53.2 Å². The SMILES string of the molecule is COCC1CCN(Cc2cc(-c3ccc4c(c3)CN(C3CCC(=O)NC3=O)C4=O)nc3c2ccn3C)C1. The molecule has 0 bridgehead atoms. The molecule has 0 radical (unpaired) electrons. The Morgan fingerprint density at radius 3 is 2.81 bits per heavy atom. The summed E-state index contributed by atoms with van der Waals surface area (Å²) in [7, 11) is 3.77. The van der Waals surface area contributed by atoms with Gasteiger partial charge >= 0.3 is 0 Å². The van der Waals surface area contributed by atoms with Crippen LogP contribution in [0.25, 0.3) is 22.3 Å². The molecule has 0 aliphatic carbocycles. The van der Waals surface area contributed by atoms with Crippen LogP contribution < -0.4 is 5.32 Å². The van der Waals surface area contributed by atoms with E-state index in [1.807, 2.05) is 36.0 Å². The normalized spacial score (nSPS) is 22.2. The Bertz CT molecular complexity index is 1410. The van der Waals surface area contributed by atoms with Crippen molar-refractivity contribution in [1.82, 2.24) is 24.7 Å². The molecule has 9 nitrogen and oxygen atoms in total. The molecule has 3 aliphatic rings. The molecule has 2 saturated heterocycles. The van der Waals surface area contributed by atoms with Crippen LogP contribution in [0.4, 0.5) is 0 Å². The fourth-order valence-electron chi connectivity index (χ4n) is 5.98. The van der Waals surface area contributed by atoms with Gasteiger partial charge in [0, 0.05) is 62.9 Å². The molecule has 1 aromatic carbocycles. The van der Waals surface area contributed by atoms with E-state index in [9.17, 15) is 14.4 Å². The highest BCUT2D eigenvalue weighted by Crippen LogP contribution is 2.33. The minimum Gasteiger partial charge on any atom is -0.384 e. The predicted octanol–water partition coefficient (Wildman–Crippen LogP) is 2.47. The quantitative estimate of drug-likeness (QED) is 0.522. The van der Waals surface area contributed by atoms with Crippen molar-refractivity contribution in [3.8, 4) is 11.3 Å². The van der Waals surface area contributed by atoms with Gasteiger partial charge in [-0.3, -0.25) is 24.6 Å². The summed E-state index contributed by atoms with van der Waals surface area (Å²) in [5.74, 6) is -0.275. The molecular weight excluding hydrogens is 470 g/mol. The van der Waals surface area contributed by atoms with Crippen LogP contribution in [0.1, 0.15) is 40.7 Å². The summed E-state index contributed by atoms with van der Waals surface area (Å²) in [6.07, 6.45) is 3.79. The maximum absolute atomic E-state index is 13.1. The average molecular weight is 502 g/mol. The number of carbonyl (C=O) groups is 3. The summed E-state index contributed by atoms with van der Waals surface area (Å²) in [6.45, 7) is 4.07. The first-order chi connectivity index (χ1) is 17.9. The van der Waals surface area contributed by atoms with E-state index in [-0.39, 0.29) is 18.2 Å². The van der Waals surface area contributed by atoms with Gasteiger partial charge in [-0.1, -0.05) is 6.07 Å². The fourth-order valence-corrected chi connectivity index (χ4v) is 5.98. The van der Waals surface area contributed by atoms with Crippen molar-refractivity contribution in [2.45, 2.75) is 38.4 Å². The summed E-state index contributed by atoms with van der Waals surface area (Å²) in [4.78, 5) is 46.1. The Balaban J connectivity index is 1.29. The summed E-state index contributed by atoms with van der Waals surface area (Å²) in [6, 6.07) is 9.48. The van der Waals surface area contributed by atoms with Crippen LogP contribution >= 0.6 is 0 Å². The zero-order chi connectivity index (χ0) is 25.7. The summed E-state index contributed by atoms with van der Waals surface area (Å²) in [5.41, 5.74) is 5.47. The number of nitrogens with one attached hydrogen (secondary N) is 1. The van der Waals surface area contributed by atoms with E-state index < -0.39 is 11.9 Å². The summed E-state index contributed by atoms with van der Waals surface area (Å²) in [5, 5.41) is 3.52. The lowest BCUT2D eigenvalue weighted by atomic mass is 10.0. The number of aryl methyl sites for hydroxylation is 1. The van der Waals surface area contributed by atoms with E-state index >= 15 is 0 Å². The lowest BCUT2D eigenvalue weighted by Crippen LogP contribution is -2.52. The van der Waals surface area contributed by atoms with E-state index in [0.717, 1.165) is 60.5 Å². The van der Waals surface area contributed by atoms with Crippen LogP contribution in [0.5, 0.6) is 0 Å². The highest BCUT2D eigenvalue weighted by Gasteiger charge is 2.39. The van der Waals surface area contributed by atoms with Crippen LogP contribution in [0.2, 0.25) is 0 Å². The molecule has 2 aromatic heterocycles. The Labute approximate surface area is 215 Å². The van der Waals surface area contributed by atoms with E-state index in [1.165, 1.54) is 5.56 Å². The largest absolute Gasteiger partial charge is 0.384 e. The monoisotopic (exact) mass is 501 g/mol. The van der Waals surface area contributed by atoms with Gasteiger partial charge < -0.3 is 14.2 Å². The highest BCUT2D eigenvalue weighted by molar-refractivity contribution is 6.05. The number of piperidine rings is 1. The molecule has 3 amide bonds. The molecule has 37 heavy (non-hydrogen) atoms. The van der Waals surface area contributed by atoms with Crippen LogP contribution in [0.3, 0.4) is 0 Å². The third-order valence-corrected chi connectivity index (χ3v) is 7.91. The first kappa shape index (κ1) is 23.8. The Morgan fingerprint density at radius 2 is 2.00 bits per heavy atom. The Kier molecular flexibility index (Phi) is 6.04. The molecule has 192 valence electrons. The van der Waals surface area contributed by atoms with Crippen molar-refractivity contribution in [2.75, 3.05) is 26.8 Å². The number of pyridine rings is 1. The second-order valence-corrected chi connectivity index (χ2v) is 10.4. The number of hydrogen-bond donors (Lipinski definition) is 1. The number of fused-ring (bicyclic) bond motifs is 2. The van der Waals surface area contributed by atoms with Crippen molar-refractivity contribution in [2.24, 2.45) is 13.0 Å². The number of rotatable bonds is 6. The second-order valence-electron chi connectivity index (χ2n) is 10.4. The molecule has 2 unspecified atom stereocenters. The number of imide groups is 1. The first-order valence-electron chi connectivity index (χ1n) is 12.9. The minimum absolute atomic E-state index is 0.165. The van der Waals surface area contributed by atoms with Gasteiger partial charge in [-0.05, 0) is 60.7 Å². The average Bonchev–Trinajstić information content (AvgIpc) is 3.57. The Hall–Kier alpha value is -3.56. The molecule has 3 aliphatic heterocycles. The van der Waals surface area contributed by atoms with E-state index in [2.05, 4.69) is 22.3 Å². The third kappa shape index (κ3) is 4.32. The van der Waals surface area contributed by atoms with Gasteiger partial charge in [0.05, 0.1) is 12.3 Å². The first-order valence-corrected chi connectivity index (χ1v) is 12.9. The predicted molar refractivity (Wildman–Crippen MR) is 137 cm³/mol. The van der Waals surface area contributed by atoms with Gasteiger partial charge in [-0.15, -0.1) is 0 Å². The van der Waals surface area contributed by atoms with Crippen molar-refractivity contribution in [3.63, 3.8) is 0 Å². The molecule has 9 heteroatoms. The second kappa shape index (κ2) is 9.39. The number of hydrogen-bond acceptors (Lipinski definition) is 6. The summed E-state index contributed by atoms with van der Waals surface area (Å²) >= 11 is 0.